The van der Waals surface area contributed by atoms with E-state index in [9.17, 15) is 0 Å². The molecule has 0 heterocycles. The highest BCUT2D eigenvalue weighted by molar-refractivity contribution is 6.30. The molecule has 0 aliphatic heterocycles. The van der Waals surface area contributed by atoms with Crippen molar-refractivity contribution in [1.82, 2.24) is 0 Å². The van der Waals surface area contributed by atoms with Crippen molar-refractivity contribution in [2.75, 3.05) is 11.9 Å². The molecular formula is C18H22ClNO. The van der Waals surface area contributed by atoms with Crippen LogP contribution in [0.2, 0.25) is 5.02 Å². The topological polar surface area (TPSA) is 21.3 Å². The van der Waals surface area contributed by atoms with Crippen LogP contribution in [0.15, 0.2) is 36.4 Å². The molecule has 0 unspecified atom stereocenters. The van der Waals surface area contributed by atoms with E-state index in [-0.39, 0.29) is 0 Å². The number of benzene rings is 2. The van der Waals surface area contributed by atoms with Crippen molar-refractivity contribution in [2.45, 2.75) is 33.7 Å². The standard InChI is InChI=1S/C18H22ClNO/c1-4-9-21-18-8-7-16(19)11-17(18)20-12-15-6-5-13(2)10-14(15)3/h5-8,10-11,20H,4,9,12H2,1-3H3. The van der Waals surface area contributed by atoms with Gasteiger partial charge in [-0.1, -0.05) is 42.3 Å². The van der Waals surface area contributed by atoms with Gasteiger partial charge in [-0.3, -0.25) is 0 Å². The first-order valence-electron chi connectivity index (χ1n) is 7.32. The molecule has 3 heteroatoms. The summed E-state index contributed by atoms with van der Waals surface area (Å²) in [5, 5.41) is 4.14. The minimum Gasteiger partial charge on any atom is -0.491 e. The van der Waals surface area contributed by atoms with Crippen LogP contribution in [0.1, 0.15) is 30.0 Å². The third kappa shape index (κ3) is 4.40. The van der Waals surface area contributed by atoms with Crippen LogP contribution in [0.5, 0.6) is 5.75 Å². The number of hydrogen-bond acceptors (Lipinski definition) is 2. The molecule has 0 spiro atoms. The predicted molar refractivity (Wildman–Crippen MR) is 90.5 cm³/mol. The summed E-state index contributed by atoms with van der Waals surface area (Å²) in [7, 11) is 0. The maximum Gasteiger partial charge on any atom is 0.142 e. The van der Waals surface area contributed by atoms with Gasteiger partial charge in [-0.25, -0.2) is 0 Å². The number of rotatable bonds is 6. The second kappa shape index (κ2) is 7.37. The monoisotopic (exact) mass is 303 g/mol. The molecule has 0 radical (unpaired) electrons. The van der Waals surface area contributed by atoms with E-state index >= 15 is 0 Å². The predicted octanol–water partition coefficient (Wildman–Crippen LogP) is 5.36. The Kier molecular flexibility index (Phi) is 5.51. The summed E-state index contributed by atoms with van der Waals surface area (Å²) in [6, 6.07) is 12.2. The van der Waals surface area contributed by atoms with E-state index in [1.54, 1.807) is 0 Å². The Morgan fingerprint density at radius 3 is 2.62 bits per heavy atom. The molecule has 0 bridgehead atoms. The average Bonchev–Trinajstić information content (AvgIpc) is 2.45. The molecule has 0 aromatic heterocycles. The molecule has 0 fully saturated rings. The van der Waals surface area contributed by atoms with Crippen LogP contribution in [-0.2, 0) is 6.54 Å². The van der Waals surface area contributed by atoms with E-state index in [4.69, 9.17) is 16.3 Å². The minimum atomic E-state index is 0.708. The quantitative estimate of drug-likeness (QED) is 0.776. The normalized spacial score (nSPS) is 10.5. The molecule has 2 nitrogen and oxygen atoms in total. The number of hydrogen-bond donors (Lipinski definition) is 1. The molecule has 2 aromatic rings. The average molecular weight is 304 g/mol. The van der Waals surface area contributed by atoms with Gasteiger partial charge in [0.05, 0.1) is 12.3 Å². The number of aryl methyl sites for hydroxylation is 2. The molecule has 0 aliphatic carbocycles. The summed E-state index contributed by atoms with van der Waals surface area (Å²) in [6.45, 7) is 7.81. The number of ether oxygens (including phenoxy) is 1. The molecule has 0 aliphatic rings. The number of anilines is 1. The lowest BCUT2D eigenvalue weighted by Crippen LogP contribution is -2.04. The van der Waals surface area contributed by atoms with Crippen molar-refractivity contribution in [3.8, 4) is 5.75 Å². The Hall–Kier alpha value is -1.67. The van der Waals surface area contributed by atoms with Crippen LogP contribution < -0.4 is 10.1 Å². The lowest BCUT2D eigenvalue weighted by molar-refractivity contribution is 0.319. The van der Waals surface area contributed by atoms with Gasteiger partial charge < -0.3 is 10.1 Å². The van der Waals surface area contributed by atoms with Gasteiger partial charge in [0.25, 0.3) is 0 Å². The Morgan fingerprint density at radius 1 is 1.10 bits per heavy atom. The van der Waals surface area contributed by atoms with Crippen LogP contribution in [0, 0.1) is 13.8 Å². The molecular weight excluding hydrogens is 282 g/mol. The summed E-state index contributed by atoms with van der Waals surface area (Å²) >= 11 is 6.09. The second-order valence-corrected chi connectivity index (χ2v) is 5.71. The van der Waals surface area contributed by atoms with Crippen LogP contribution in [0.4, 0.5) is 5.69 Å². The summed E-state index contributed by atoms with van der Waals surface area (Å²) in [6.07, 6.45) is 0.985. The first kappa shape index (κ1) is 15.7. The fraction of sp³-hybridized carbons (Fsp3) is 0.333. The van der Waals surface area contributed by atoms with Gasteiger partial charge in [0, 0.05) is 11.6 Å². The Morgan fingerprint density at radius 2 is 1.90 bits per heavy atom. The Balaban J connectivity index is 2.12. The number of nitrogens with one attached hydrogen (secondary N) is 1. The van der Waals surface area contributed by atoms with Gasteiger partial charge in [-0.2, -0.15) is 0 Å². The third-order valence-electron chi connectivity index (χ3n) is 3.37. The van der Waals surface area contributed by atoms with Crippen molar-refractivity contribution in [3.05, 3.63) is 58.1 Å². The molecule has 0 saturated heterocycles. The maximum absolute atomic E-state index is 6.09. The Labute approximate surface area is 132 Å². The van der Waals surface area contributed by atoms with Crippen molar-refractivity contribution >= 4 is 17.3 Å². The smallest absolute Gasteiger partial charge is 0.142 e. The lowest BCUT2D eigenvalue weighted by Gasteiger charge is -2.14. The zero-order valence-corrected chi connectivity index (χ0v) is 13.6. The molecule has 0 saturated carbocycles. The third-order valence-corrected chi connectivity index (χ3v) is 3.61. The number of halogens is 1. The van der Waals surface area contributed by atoms with Crippen molar-refractivity contribution in [1.29, 1.82) is 0 Å². The summed E-state index contributed by atoms with van der Waals surface area (Å²) in [4.78, 5) is 0. The van der Waals surface area contributed by atoms with Gasteiger partial charge in [-0.15, -0.1) is 0 Å². The van der Waals surface area contributed by atoms with Crippen LogP contribution >= 0.6 is 11.6 Å². The zero-order chi connectivity index (χ0) is 15.2. The second-order valence-electron chi connectivity index (χ2n) is 5.27. The highest BCUT2D eigenvalue weighted by atomic mass is 35.5. The highest BCUT2D eigenvalue weighted by Gasteiger charge is 2.06. The van der Waals surface area contributed by atoms with E-state index in [0.717, 1.165) is 24.4 Å². The summed E-state index contributed by atoms with van der Waals surface area (Å²) in [5.74, 6) is 0.853. The first-order chi connectivity index (χ1) is 10.1. The summed E-state index contributed by atoms with van der Waals surface area (Å²) < 4.78 is 5.76. The van der Waals surface area contributed by atoms with Gasteiger partial charge in [0.2, 0.25) is 0 Å². The highest BCUT2D eigenvalue weighted by Crippen LogP contribution is 2.29. The molecule has 1 N–H and O–H groups in total. The van der Waals surface area contributed by atoms with Crippen LogP contribution in [0.3, 0.4) is 0 Å². The fourth-order valence-corrected chi connectivity index (χ4v) is 2.38. The van der Waals surface area contributed by atoms with Gasteiger partial charge >= 0.3 is 0 Å². The van der Waals surface area contributed by atoms with Crippen molar-refractivity contribution < 1.29 is 4.74 Å². The SMILES string of the molecule is CCCOc1ccc(Cl)cc1NCc1ccc(C)cc1C. The molecule has 0 amide bonds. The van der Waals surface area contributed by atoms with Gasteiger partial charge in [-0.05, 0) is 49.6 Å². The van der Waals surface area contributed by atoms with Crippen LogP contribution in [0.25, 0.3) is 0 Å². The largest absolute Gasteiger partial charge is 0.491 e. The molecule has 2 rings (SSSR count). The van der Waals surface area contributed by atoms with E-state index in [0.29, 0.717) is 11.6 Å². The maximum atomic E-state index is 6.09. The minimum absolute atomic E-state index is 0.708. The van der Waals surface area contributed by atoms with Crippen molar-refractivity contribution in [2.24, 2.45) is 0 Å². The van der Waals surface area contributed by atoms with Gasteiger partial charge in [0.1, 0.15) is 5.75 Å². The summed E-state index contributed by atoms with van der Waals surface area (Å²) in [5.41, 5.74) is 4.80. The zero-order valence-electron chi connectivity index (χ0n) is 12.9. The first-order valence-corrected chi connectivity index (χ1v) is 7.70. The molecule has 0 atom stereocenters. The van der Waals surface area contributed by atoms with Crippen molar-refractivity contribution in [3.63, 3.8) is 0 Å². The molecule has 21 heavy (non-hydrogen) atoms. The van der Waals surface area contributed by atoms with Gasteiger partial charge in [0.15, 0.2) is 0 Å². The Bertz CT molecular complexity index is 610. The lowest BCUT2D eigenvalue weighted by atomic mass is 10.1. The van der Waals surface area contributed by atoms with Crippen LogP contribution in [-0.4, -0.2) is 6.61 Å². The van der Waals surface area contributed by atoms with E-state index in [2.05, 4.69) is 44.3 Å². The van der Waals surface area contributed by atoms with E-state index in [1.165, 1.54) is 16.7 Å². The fourth-order valence-electron chi connectivity index (χ4n) is 2.21. The van der Waals surface area contributed by atoms with E-state index in [1.807, 2.05) is 18.2 Å². The van der Waals surface area contributed by atoms with E-state index < -0.39 is 0 Å². The molecule has 2 aromatic carbocycles. The molecule has 112 valence electrons.